The van der Waals surface area contributed by atoms with Crippen molar-refractivity contribution in [2.24, 2.45) is 5.92 Å². The van der Waals surface area contributed by atoms with E-state index in [4.69, 9.17) is 9.47 Å². The van der Waals surface area contributed by atoms with E-state index >= 15 is 0 Å². The molecule has 2 rings (SSSR count). The number of hydrogen-bond acceptors (Lipinski definition) is 2. The van der Waals surface area contributed by atoms with Gasteiger partial charge in [0.15, 0.2) is 6.29 Å². The van der Waals surface area contributed by atoms with Gasteiger partial charge in [0, 0.05) is 11.5 Å². The lowest BCUT2D eigenvalue weighted by Crippen LogP contribution is -2.27. The van der Waals surface area contributed by atoms with Gasteiger partial charge in [0.05, 0.1) is 13.2 Å². The van der Waals surface area contributed by atoms with Crippen LogP contribution in [0.1, 0.15) is 18.8 Å². The zero-order valence-corrected chi connectivity index (χ0v) is 8.98. The molecule has 2 heteroatoms. The van der Waals surface area contributed by atoms with Crippen LogP contribution in [0.3, 0.4) is 0 Å². The molecule has 0 radical (unpaired) electrons. The van der Waals surface area contributed by atoms with Gasteiger partial charge in [-0.25, -0.2) is 0 Å². The van der Waals surface area contributed by atoms with Crippen molar-refractivity contribution in [3.8, 4) is 0 Å². The number of ether oxygens (including phenoxy) is 2. The number of hydrogen-bond donors (Lipinski definition) is 0. The summed E-state index contributed by atoms with van der Waals surface area (Å²) in [5.74, 6) is 0.338. The van der Waals surface area contributed by atoms with Crippen LogP contribution in [0.5, 0.6) is 0 Å². The maximum Gasteiger partial charge on any atom is 0.183 e. The van der Waals surface area contributed by atoms with Crippen molar-refractivity contribution in [2.45, 2.75) is 13.2 Å². The van der Waals surface area contributed by atoms with Crippen molar-refractivity contribution in [1.82, 2.24) is 0 Å². The SMILES string of the molecule is C=C(C)C1COC(c2ccccc2)OC1. The first kappa shape index (κ1) is 10.4. The molecule has 80 valence electrons. The minimum Gasteiger partial charge on any atom is -0.348 e. The van der Waals surface area contributed by atoms with Crippen molar-refractivity contribution >= 4 is 0 Å². The monoisotopic (exact) mass is 204 g/mol. The van der Waals surface area contributed by atoms with Crippen LogP contribution in [0.2, 0.25) is 0 Å². The van der Waals surface area contributed by atoms with Gasteiger partial charge in [0.1, 0.15) is 0 Å². The molecular weight excluding hydrogens is 188 g/mol. The minimum atomic E-state index is -0.207. The second kappa shape index (κ2) is 4.60. The van der Waals surface area contributed by atoms with Crippen LogP contribution in [0.4, 0.5) is 0 Å². The Morgan fingerprint density at radius 3 is 2.33 bits per heavy atom. The smallest absolute Gasteiger partial charge is 0.183 e. The average Bonchev–Trinajstić information content (AvgIpc) is 2.30. The van der Waals surface area contributed by atoms with E-state index < -0.39 is 0 Å². The zero-order valence-electron chi connectivity index (χ0n) is 8.98. The van der Waals surface area contributed by atoms with Crippen LogP contribution in [0, 0.1) is 5.92 Å². The lowest BCUT2D eigenvalue weighted by Gasteiger charge is -2.29. The third-order valence-electron chi connectivity index (χ3n) is 2.67. The largest absolute Gasteiger partial charge is 0.348 e. The van der Waals surface area contributed by atoms with Crippen LogP contribution in [-0.4, -0.2) is 13.2 Å². The van der Waals surface area contributed by atoms with Crippen molar-refractivity contribution in [3.05, 3.63) is 48.0 Å². The van der Waals surface area contributed by atoms with E-state index in [2.05, 4.69) is 6.58 Å². The lowest BCUT2D eigenvalue weighted by molar-refractivity contribution is -0.199. The predicted octanol–water partition coefficient (Wildman–Crippen LogP) is 2.92. The Labute approximate surface area is 90.5 Å². The van der Waals surface area contributed by atoms with Crippen LogP contribution >= 0.6 is 0 Å². The highest BCUT2D eigenvalue weighted by molar-refractivity contribution is 5.16. The molecular formula is C13H16O2. The molecule has 1 aliphatic rings. The Morgan fingerprint density at radius 1 is 1.20 bits per heavy atom. The maximum atomic E-state index is 5.65. The second-order valence-corrected chi connectivity index (χ2v) is 3.95. The first-order chi connectivity index (χ1) is 7.27. The van der Waals surface area contributed by atoms with E-state index in [0.29, 0.717) is 19.1 Å². The Morgan fingerprint density at radius 2 is 1.80 bits per heavy atom. The van der Waals surface area contributed by atoms with Gasteiger partial charge < -0.3 is 9.47 Å². The fourth-order valence-corrected chi connectivity index (χ4v) is 1.59. The fraction of sp³-hybridized carbons (Fsp3) is 0.385. The molecule has 1 fully saturated rings. The molecule has 0 atom stereocenters. The van der Waals surface area contributed by atoms with E-state index in [0.717, 1.165) is 11.1 Å². The van der Waals surface area contributed by atoms with Gasteiger partial charge in [-0.1, -0.05) is 42.5 Å². The fourth-order valence-electron chi connectivity index (χ4n) is 1.59. The van der Waals surface area contributed by atoms with Crippen LogP contribution in [-0.2, 0) is 9.47 Å². The summed E-state index contributed by atoms with van der Waals surface area (Å²) in [5, 5.41) is 0. The van der Waals surface area contributed by atoms with Gasteiger partial charge in [-0.05, 0) is 6.92 Å². The van der Waals surface area contributed by atoms with E-state index in [1.165, 1.54) is 0 Å². The summed E-state index contributed by atoms with van der Waals surface area (Å²) in [5.41, 5.74) is 2.21. The van der Waals surface area contributed by atoms with E-state index in [1.54, 1.807) is 0 Å². The standard InChI is InChI=1S/C13H16O2/c1-10(2)12-8-14-13(15-9-12)11-6-4-3-5-7-11/h3-7,12-13H,1,8-9H2,2H3. The highest BCUT2D eigenvalue weighted by atomic mass is 16.7. The molecule has 0 spiro atoms. The van der Waals surface area contributed by atoms with E-state index in [9.17, 15) is 0 Å². The predicted molar refractivity (Wildman–Crippen MR) is 59.4 cm³/mol. The molecule has 15 heavy (non-hydrogen) atoms. The summed E-state index contributed by atoms with van der Waals surface area (Å²) >= 11 is 0. The summed E-state index contributed by atoms with van der Waals surface area (Å²) in [6, 6.07) is 10.0. The van der Waals surface area contributed by atoms with Gasteiger partial charge in [-0.3, -0.25) is 0 Å². The van der Waals surface area contributed by atoms with Crippen molar-refractivity contribution < 1.29 is 9.47 Å². The van der Waals surface area contributed by atoms with Gasteiger partial charge in [-0.2, -0.15) is 0 Å². The summed E-state index contributed by atoms with van der Waals surface area (Å²) in [7, 11) is 0. The molecule has 1 heterocycles. The number of rotatable bonds is 2. The van der Waals surface area contributed by atoms with Crippen molar-refractivity contribution in [1.29, 1.82) is 0 Å². The molecule has 0 aliphatic carbocycles. The molecule has 0 saturated carbocycles. The summed E-state index contributed by atoms with van der Waals surface area (Å²) in [6.07, 6.45) is -0.207. The Hall–Kier alpha value is -1.12. The number of benzene rings is 1. The molecule has 0 amide bonds. The zero-order chi connectivity index (χ0) is 10.7. The topological polar surface area (TPSA) is 18.5 Å². The molecule has 0 N–H and O–H groups in total. The Bertz CT molecular complexity index is 324. The molecule has 0 aromatic heterocycles. The molecule has 1 aliphatic heterocycles. The second-order valence-electron chi connectivity index (χ2n) is 3.95. The van der Waals surface area contributed by atoms with Gasteiger partial charge in [0.2, 0.25) is 0 Å². The van der Waals surface area contributed by atoms with Crippen molar-refractivity contribution in [2.75, 3.05) is 13.2 Å². The van der Waals surface area contributed by atoms with Crippen LogP contribution in [0.25, 0.3) is 0 Å². The third-order valence-corrected chi connectivity index (χ3v) is 2.67. The van der Waals surface area contributed by atoms with E-state index in [1.807, 2.05) is 37.3 Å². The normalized spacial score (nSPS) is 26.2. The molecule has 2 nitrogen and oxygen atoms in total. The minimum absolute atomic E-state index is 0.207. The first-order valence-electron chi connectivity index (χ1n) is 5.21. The average molecular weight is 204 g/mol. The molecule has 1 aromatic rings. The third kappa shape index (κ3) is 2.46. The molecule has 0 bridgehead atoms. The van der Waals surface area contributed by atoms with Gasteiger partial charge in [0.25, 0.3) is 0 Å². The summed E-state index contributed by atoms with van der Waals surface area (Å²) in [6.45, 7) is 7.34. The molecule has 1 aromatic carbocycles. The quantitative estimate of drug-likeness (QED) is 0.689. The van der Waals surface area contributed by atoms with Crippen LogP contribution in [0.15, 0.2) is 42.5 Å². The maximum absolute atomic E-state index is 5.65. The first-order valence-corrected chi connectivity index (χ1v) is 5.21. The molecule has 1 saturated heterocycles. The highest BCUT2D eigenvalue weighted by Gasteiger charge is 2.23. The van der Waals surface area contributed by atoms with Crippen LogP contribution < -0.4 is 0 Å². The van der Waals surface area contributed by atoms with Gasteiger partial charge in [-0.15, -0.1) is 0 Å². The Balaban J connectivity index is 1.97. The molecule has 0 unspecified atom stereocenters. The highest BCUT2D eigenvalue weighted by Crippen LogP contribution is 2.26. The van der Waals surface area contributed by atoms with E-state index in [-0.39, 0.29) is 6.29 Å². The van der Waals surface area contributed by atoms with Crippen molar-refractivity contribution in [3.63, 3.8) is 0 Å². The van der Waals surface area contributed by atoms with Gasteiger partial charge >= 0.3 is 0 Å². The Kier molecular flexibility index (Phi) is 3.19. The summed E-state index contributed by atoms with van der Waals surface area (Å²) in [4.78, 5) is 0. The summed E-state index contributed by atoms with van der Waals surface area (Å²) < 4.78 is 11.3. The lowest BCUT2D eigenvalue weighted by atomic mass is 10.0.